The molecule has 0 saturated heterocycles. The van der Waals surface area contributed by atoms with Gasteiger partial charge in [-0.3, -0.25) is 19.2 Å². The van der Waals surface area contributed by atoms with E-state index in [0.29, 0.717) is 24.9 Å². The zero-order valence-corrected chi connectivity index (χ0v) is 21.3. The van der Waals surface area contributed by atoms with Crippen molar-refractivity contribution >= 4 is 42.2 Å². The number of nitrogens with two attached hydrogens (primary N) is 3. The quantitative estimate of drug-likeness (QED) is 0.0792. The summed E-state index contributed by atoms with van der Waals surface area (Å²) in [6.07, 6.45) is 0.733. The molecule has 4 unspecified atom stereocenters. The van der Waals surface area contributed by atoms with Gasteiger partial charge in [-0.15, -0.1) is 0 Å². The third-order valence-electron chi connectivity index (χ3n) is 5.42. The highest BCUT2D eigenvalue weighted by Crippen LogP contribution is 2.12. The number of amides is 4. The molecular formula is C23H36N6O7S. The Hall–Kier alpha value is -3.36. The van der Waals surface area contributed by atoms with Gasteiger partial charge in [0.1, 0.15) is 23.9 Å². The normalized spacial score (nSPS) is 14.0. The van der Waals surface area contributed by atoms with E-state index in [9.17, 15) is 34.2 Å². The molecule has 4 atom stereocenters. The van der Waals surface area contributed by atoms with Crippen LogP contribution in [0.3, 0.4) is 0 Å². The van der Waals surface area contributed by atoms with Crippen molar-refractivity contribution in [1.29, 1.82) is 0 Å². The van der Waals surface area contributed by atoms with Crippen molar-refractivity contribution in [2.75, 3.05) is 12.3 Å². The maximum Gasteiger partial charge on any atom is 0.326 e. The van der Waals surface area contributed by atoms with Crippen molar-refractivity contribution in [3.63, 3.8) is 0 Å². The molecule has 0 heterocycles. The van der Waals surface area contributed by atoms with E-state index in [0.717, 1.165) is 0 Å². The largest absolute Gasteiger partial charge is 0.508 e. The highest BCUT2D eigenvalue weighted by Gasteiger charge is 2.30. The summed E-state index contributed by atoms with van der Waals surface area (Å²) < 4.78 is 0. The zero-order chi connectivity index (χ0) is 28.0. The molecule has 0 aromatic heterocycles. The first kappa shape index (κ1) is 31.7. The van der Waals surface area contributed by atoms with Crippen LogP contribution in [0.2, 0.25) is 0 Å². The number of aliphatic carboxylic acids is 1. The lowest BCUT2D eigenvalue weighted by atomic mass is 10.0. The molecular weight excluding hydrogens is 504 g/mol. The van der Waals surface area contributed by atoms with Gasteiger partial charge < -0.3 is 43.4 Å². The molecule has 4 amide bonds. The number of unbranched alkanes of at least 4 members (excludes halogenated alkanes) is 1. The Bertz CT molecular complexity index is 931. The lowest BCUT2D eigenvalue weighted by Gasteiger charge is -2.25. The summed E-state index contributed by atoms with van der Waals surface area (Å²) in [5, 5.41) is 26.4. The molecule has 0 bridgehead atoms. The van der Waals surface area contributed by atoms with E-state index in [1.165, 1.54) is 24.3 Å². The highest BCUT2D eigenvalue weighted by molar-refractivity contribution is 7.80. The van der Waals surface area contributed by atoms with Gasteiger partial charge in [-0.25, -0.2) is 4.79 Å². The van der Waals surface area contributed by atoms with Gasteiger partial charge >= 0.3 is 5.97 Å². The number of primary amides is 1. The second kappa shape index (κ2) is 16.4. The van der Waals surface area contributed by atoms with Crippen LogP contribution in [0.15, 0.2) is 24.3 Å². The minimum Gasteiger partial charge on any atom is -0.508 e. The maximum absolute atomic E-state index is 13.1. The first-order chi connectivity index (χ1) is 17.5. The van der Waals surface area contributed by atoms with Crippen LogP contribution in [-0.2, 0) is 30.4 Å². The Morgan fingerprint density at radius 1 is 0.865 bits per heavy atom. The first-order valence-corrected chi connectivity index (χ1v) is 12.4. The number of aromatic hydroxyl groups is 1. The van der Waals surface area contributed by atoms with Crippen LogP contribution in [0.1, 0.15) is 37.7 Å². The lowest BCUT2D eigenvalue weighted by molar-refractivity contribution is -0.142. The molecule has 0 saturated carbocycles. The lowest BCUT2D eigenvalue weighted by Crippen LogP contribution is -2.57. The van der Waals surface area contributed by atoms with Gasteiger partial charge in [0.05, 0.1) is 6.04 Å². The smallest absolute Gasteiger partial charge is 0.326 e. The molecule has 206 valence electrons. The Kier molecular flexibility index (Phi) is 14.0. The zero-order valence-electron chi connectivity index (χ0n) is 20.4. The van der Waals surface area contributed by atoms with E-state index in [1.807, 2.05) is 0 Å². The van der Waals surface area contributed by atoms with Gasteiger partial charge in [0.25, 0.3) is 0 Å². The molecule has 1 aromatic carbocycles. The maximum atomic E-state index is 13.1. The van der Waals surface area contributed by atoms with E-state index in [4.69, 9.17) is 17.2 Å². The molecule has 13 nitrogen and oxygen atoms in total. The predicted octanol–water partition coefficient (Wildman–Crippen LogP) is -1.87. The number of carbonyl (C=O) groups excluding carboxylic acids is 4. The minimum atomic E-state index is -1.25. The highest BCUT2D eigenvalue weighted by atomic mass is 32.1. The standard InChI is InChI=1S/C23H36N6O7S/c24-10-2-1-3-17(23(35)36)28-22(34)18(11-13-4-6-14(30)7-5-13)29-21(33)16(8-9-19(26)31)27-20(32)15(25)12-37/h4-7,15-18,30,37H,1-3,8-12,24-25H2,(H2,26,31)(H,27,32)(H,28,34)(H,29,33)(H,35,36). The summed E-state index contributed by atoms with van der Waals surface area (Å²) >= 11 is 3.95. The fraction of sp³-hybridized carbons (Fsp3) is 0.522. The van der Waals surface area contributed by atoms with E-state index in [1.54, 1.807) is 0 Å². The molecule has 0 aliphatic heterocycles. The summed E-state index contributed by atoms with van der Waals surface area (Å²) in [5.41, 5.74) is 16.9. The Morgan fingerprint density at radius 2 is 1.43 bits per heavy atom. The molecule has 0 radical (unpaired) electrons. The fourth-order valence-corrected chi connectivity index (χ4v) is 3.45. The van der Waals surface area contributed by atoms with Crippen LogP contribution < -0.4 is 33.2 Å². The van der Waals surface area contributed by atoms with Gasteiger partial charge in [-0.05, 0) is 49.9 Å². The van der Waals surface area contributed by atoms with Crippen molar-refractivity contribution in [3.05, 3.63) is 29.8 Å². The number of rotatable bonds is 17. The average molecular weight is 541 g/mol. The SMILES string of the molecule is NCCCCC(NC(=O)C(Cc1ccc(O)cc1)NC(=O)C(CCC(N)=O)NC(=O)C(N)CS)C(=O)O. The number of hydrogen-bond acceptors (Lipinski definition) is 9. The van der Waals surface area contributed by atoms with Gasteiger partial charge in [-0.1, -0.05) is 12.1 Å². The molecule has 0 aliphatic carbocycles. The summed E-state index contributed by atoms with van der Waals surface area (Å²) in [5.74, 6) is -4.20. The molecule has 1 aromatic rings. The number of phenolic OH excluding ortho intramolecular Hbond substituents is 1. The third kappa shape index (κ3) is 11.9. The van der Waals surface area contributed by atoms with Crippen LogP contribution in [0.5, 0.6) is 5.75 Å². The van der Waals surface area contributed by atoms with E-state index < -0.39 is 53.8 Å². The number of carboxylic acid groups (broad SMARTS) is 1. The average Bonchev–Trinajstić information content (AvgIpc) is 2.85. The second-order valence-electron chi connectivity index (χ2n) is 8.47. The summed E-state index contributed by atoms with van der Waals surface area (Å²) in [7, 11) is 0. The van der Waals surface area contributed by atoms with Crippen LogP contribution >= 0.6 is 12.6 Å². The molecule has 0 aliphatic rings. The number of carbonyl (C=O) groups is 5. The Balaban J connectivity index is 3.14. The van der Waals surface area contributed by atoms with Gasteiger partial charge in [0.15, 0.2) is 0 Å². The Labute approximate surface area is 220 Å². The number of hydrogen-bond donors (Lipinski definition) is 9. The summed E-state index contributed by atoms with van der Waals surface area (Å²) in [6.45, 7) is 0.370. The summed E-state index contributed by atoms with van der Waals surface area (Å²) in [6, 6.07) is 1.14. The number of benzene rings is 1. The number of nitrogens with one attached hydrogen (secondary N) is 3. The second-order valence-corrected chi connectivity index (χ2v) is 8.84. The van der Waals surface area contributed by atoms with Gasteiger partial charge in [0.2, 0.25) is 23.6 Å². The monoisotopic (exact) mass is 540 g/mol. The van der Waals surface area contributed by atoms with Gasteiger partial charge in [0, 0.05) is 18.6 Å². The molecule has 14 heteroatoms. The van der Waals surface area contributed by atoms with E-state index in [-0.39, 0.29) is 37.2 Å². The number of phenols is 1. The van der Waals surface area contributed by atoms with Crippen LogP contribution in [-0.4, -0.2) is 76.3 Å². The van der Waals surface area contributed by atoms with Crippen LogP contribution in [0.25, 0.3) is 0 Å². The van der Waals surface area contributed by atoms with E-state index >= 15 is 0 Å². The molecule has 0 fully saturated rings. The Morgan fingerprint density at radius 3 is 1.97 bits per heavy atom. The number of carboxylic acids is 1. The van der Waals surface area contributed by atoms with Gasteiger partial charge in [-0.2, -0.15) is 12.6 Å². The van der Waals surface area contributed by atoms with Crippen molar-refractivity contribution in [2.24, 2.45) is 17.2 Å². The van der Waals surface area contributed by atoms with Crippen molar-refractivity contribution in [3.8, 4) is 5.75 Å². The molecule has 1 rings (SSSR count). The predicted molar refractivity (Wildman–Crippen MR) is 138 cm³/mol. The molecule has 37 heavy (non-hydrogen) atoms. The van der Waals surface area contributed by atoms with E-state index in [2.05, 4.69) is 28.6 Å². The first-order valence-electron chi connectivity index (χ1n) is 11.7. The minimum absolute atomic E-state index is 0.00259. The third-order valence-corrected chi connectivity index (χ3v) is 5.81. The number of thiol groups is 1. The molecule has 11 N–H and O–H groups in total. The topological polar surface area (TPSA) is 240 Å². The summed E-state index contributed by atoms with van der Waals surface area (Å²) in [4.78, 5) is 61.4. The van der Waals surface area contributed by atoms with Crippen LogP contribution in [0.4, 0.5) is 0 Å². The molecule has 0 spiro atoms. The van der Waals surface area contributed by atoms with Crippen molar-refractivity contribution in [2.45, 2.75) is 62.7 Å². The van der Waals surface area contributed by atoms with Crippen LogP contribution in [0, 0.1) is 0 Å². The van der Waals surface area contributed by atoms with Crippen molar-refractivity contribution < 1.29 is 34.2 Å². The fourth-order valence-electron chi connectivity index (χ4n) is 3.29. The van der Waals surface area contributed by atoms with Crippen molar-refractivity contribution in [1.82, 2.24) is 16.0 Å².